The molecule has 1 rings (SSSR count). The van der Waals surface area contributed by atoms with Crippen LogP contribution in [-0.2, 0) is 10.8 Å². The van der Waals surface area contributed by atoms with E-state index in [2.05, 4.69) is 41.5 Å². The molecule has 3 nitrogen and oxygen atoms in total. The van der Waals surface area contributed by atoms with E-state index in [1.54, 1.807) is 6.21 Å². The zero-order valence-corrected chi connectivity index (χ0v) is 15.6. The van der Waals surface area contributed by atoms with Gasteiger partial charge >= 0.3 is 0 Å². The number of nitrogens with zero attached hydrogens (tertiary/aromatic N) is 1. The zero-order chi connectivity index (χ0) is 17.5. The van der Waals surface area contributed by atoms with E-state index in [1.807, 2.05) is 32.9 Å². The summed E-state index contributed by atoms with van der Waals surface area (Å²) in [5.41, 5.74) is 1.97. The summed E-state index contributed by atoms with van der Waals surface area (Å²) < 4.78 is 1.22. The maximum absolute atomic E-state index is 10.7. The lowest BCUT2D eigenvalue weighted by Crippen LogP contribution is -2.31. The second-order valence-corrected chi connectivity index (χ2v) is 9.11. The van der Waals surface area contributed by atoms with E-state index >= 15 is 0 Å². The van der Waals surface area contributed by atoms with Crippen molar-refractivity contribution in [2.24, 2.45) is 0 Å². The Bertz CT molecular complexity index is 544. The third-order valence-corrected chi connectivity index (χ3v) is 3.71. The van der Waals surface area contributed by atoms with E-state index < -0.39 is 0 Å². The van der Waals surface area contributed by atoms with Crippen LogP contribution >= 0.6 is 0 Å². The number of hydrogen-bond donors (Lipinski definition) is 2. The highest BCUT2D eigenvalue weighted by atomic mass is 16.5. The van der Waals surface area contributed by atoms with E-state index in [0.29, 0.717) is 5.75 Å². The molecule has 2 N–H and O–H groups in total. The summed E-state index contributed by atoms with van der Waals surface area (Å²) >= 11 is 0. The molecule has 0 radical (unpaired) electrons. The molecule has 1 aromatic carbocycles. The van der Waals surface area contributed by atoms with Gasteiger partial charge in [-0.2, -0.15) is 0 Å². The lowest BCUT2D eigenvalue weighted by atomic mass is 9.78. The first-order valence-corrected chi connectivity index (χ1v) is 7.85. The Hall–Kier alpha value is -1.51. The molecule has 0 saturated carbocycles. The smallest absolute Gasteiger partial charge is 0.223 e. The predicted octanol–water partition coefficient (Wildman–Crippen LogP) is 4.61. The first-order chi connectivity index (χ1) is 9.64. The molecule has 0 aliphatic carbocycles. The van der Waals surface area contributed by atoms with E-state index in [9.17, 15) is 10.3 Å². The second kappa shape index (κ2) is 5.60. The van der Waals surface area contributed by atoms with Crippen LogP contribution in [0.2, 0.25) is 0 Å². The van der Waals surface area contributed by atoms with Gasteiger partial charge in [-0.1, -0.05) is 41.5 Å². The molecule has 124 valence electrons. The minimum atomic E-state index is -0.373. The van der Waals surface area contributed by atoms with Gasteiger partial charge in [0.25, 0.3) is 0 Å². The molecule has 0 atom stereocenters. The van der Waals surface area contributed by atoms with Crippen molar-refractivity contribution in [1.82, 2.24) is 0 Å². The Morgan fingerprint density at radius 2 is 1.18 bits per heavy atom. The molecule has 0 unspecified atom stereocenters. The van der Waals surface area contributed by atoms with Crippen LogP contribution in [0.25, 0.3) is 0 Å². The van der Waals surface area contributed by atoms with Crippen molar-refractivity contribution in [3.8, 4) is 5.75 Å². The van der Waals surface area contributed by atoms with Gasteiger partial charge in [0.2, 0.25) is 11.8 Å². The number of benzene rings is 1. The quantitative estimate of drug-likeness (QED) is 0.344. The second-order valence-electron chi connectivity index (χ2n) is 9.11. The third-order valence-electron chi connectivity index (χ3n) is 3.71. The van der Waals surface area contributed by atoms with Crippen molar-refractivity contribution >= 4 is 6.21 Å². The van der Waals surface area contributed by atoms with Crippen molar-refractivity contribution in [2.45, 2.75) is 78.7 Å². The standard InChI is InChI=1S/C19H31NO2/c1-17(2,3)14-10-13(12-20(22)19(7,8)9)11-15(16(14)21)18(4,5)6/h10-12,22H,1-9H3/p+1. The van der Waals surface area contributed by atoms with Crippen molar-refractivity contribution in [1.29, 1.82) is 0 Å². The van der Waals surface area contributed by atoms with Crippen LogP contribution in [0.3, 0.4) is 0 Å². The molecule has 0 amide bonds. The third kappa shape index (κ3) is 4.25. The topological polar surface area (TPSA) is 43.5 Å². The first kappa shape index (κ1) is 18.5. The summed E-state index contributed by atoms with van der Waals surface area (Å²) in [5, 5.41) is 20.9. The summed E-state index contributed by atoms with van der Waals surface area (Å²) in [4.78, 5) is 0. The molecule has 0 bridgehead atoms. The van der Waals surface area contributed by atoms with Crippen molar-refractivity contribution in [2.75, 3.05) is 0 Å². The monoisotopic (exact) mass is 306 g/mol. The van der Waals surface area contributed by atoms with Gasteiger partial charge in [-0.15, -0.1) is 0 Å². The average molecular weight is 306 g/mol. The summed E-state index contributed by atoms with van der Waals surface area (Å²) in [6.07, 6.45) is 1.73. The van der Waals surface area contributed by atoms with E-state index in [-0.39, 0.29) is 16.4 Å². The van der Waals surface area contributed by atoms with Gasteiger partial charge in [0.1, 0.15) is 5.75 Å². The normalized spacial score (nSPS) is 14.3. The zero-order valence-electron chi connectivity index (χ0n) is 15.6. The van der Waals surface area contributed by atoms with Gasteiger partial charge in [0.05, 0.1) is 0 Å². The SMILES string of the molecule is CC(C)(C)c1cc(/C=[N+](\O)C(C)(C)C)cc(C(C)(C)C)c1O. The lowest BCUT2D eigenvalue weighted by molar-refractivity contribution is -0.816. The highest BCUT2D eigenvalue weighted by Gasteiger charge is 2.28. The number of hydroxylamine groups is 1. The molecule has 0 spiro atoms. The lowest BCUT2D eigenvalue weighted by Gasteiger charge is -2.27. The largest absolute Gasteiger partial charge is 0.507 e. The van der Waals surface area contributed by atoms with Gasteiger partial charge in [0, 0.05) is 37.5 Å². The summed E-state index contributed by atoms with van der Waals surface area (Å²) in [5.74, 6) is 0.359. The Morgan fingerprint density at radius 3 is 1.45 bits per heavy atom. The fraction of sp³-hybridized carbons (Fsp3) is 0.632. The maximum Gasteiger partial charge on any atom is 0.223 e. The molecule has 0 heterocycles. The molecule has 0 saturated heterocycles. The molecule has 0 fully saturated rings. The van der Waals surface area contributed by atoms with Crippen molar-refractivity contribution < 1.29 is 15.1 Å². The minimum absolute atomic E-state index is 0.171. The maximum atomic E-state index is 10.7. The fourth-order valence-corrected chi connectivity index (χ4v) is 2.21. The Kier molecular flexibility index (Phi) is 4.72. The van der Waals surface area contributed by atoms with Crippen LogP contribution < -0.4 is 0 Å². The van der Waals surface area contributed by atoms with Gasteiger partial charge < -0.3 is 5.11 Å². The van der Waals surface area contributed by atoms with Crippen molar-refractivity contribution in [3.63, 3.8) is 0 Å². The highest BCUT2D eigenvalue weighted by molar-refractivity contribution is 5.78. The van der Waals surface area contributed by atoms with Crippen LogP contribution in [0, 0.1) is 0 Å². The van der Waals surface area contributed by atoms with E-state index in [0.717, 1.165) is 16.7 Å². The number of phenolic OH excluding ortho intramolecular Hbond substituents is 1. The number of hydrogen-bond acceptors (Lipinski definition) is 2. The van der Waals surface area contributed by atoms with Gasteiger partial charge in [-0.05, 0) is 27.7 Å². The molecule has 0 aliphatic rings. The summed E-state index contributed by atoms with van der Waals surface area (Å²) in [6, 6.07) is 3.92. The number of rotatable bonds is 1. The summed E-state index contributed by atoms with van der Waals surface area (Å²) in [7, 11) is 0. The van der Waals surface area contributed by atoms with Gasteiger partial charge in [-0.3, -0.25) is 5.21 Å². The highest BCUT2D eigenvalue weighted by Crippen LogP contribution is 2.39. The fourth-order valence-electron chi connectivity index (χ4n) is 2.21. The molecule has 3 heteroatoms. The average Bonchev–Trinajstić information content (AvgIpc) is 2.26. The molecule has 1 aromatic rings. The molecule has 0 aliphatic heterocycles. The predicted molar refractivity (Wildman–Crippen MR) is 92.5 cm³/mol. The number of phenols is 1. The Balaban J connectivity index is 3.63. The van der Waals surface area contributed by atoms with Crippen LogP contribution in [0.1, 0.15) is 79.0 Å². The van der Waals surface area contributed by atoms with Crippen LogP contribution in [0.15, 0.2) is 12.1 Å². The Labute approximate surface area is 135 Å². The van der Waals surface area contributed by atoms with Crippen LogP contribution in [0.5, 0.6) is 5.75 Å². The molecule has 0 aromatic heterocycles. The molecule has 22 heavy (non-hydrogen) atoms. The Morgan fingerprint density at radius 1 is 0.818 bits per heavy atom. The number of aromatic hydroxyl groups is 1. The first-order valence-electron chi connectivity index (χ1n) is 7.85. The summed E-state index contributed by atoms with van der Waals surface area (Å²) in [6.45, 7) is 18.3. The van der Waals surface area contributed by atoms with Crippen LogP contribution in [0.4, 0.5) is 0 Å². The van der Waals surface area contributed by atoms with E-state index in [4.69, 9.17) is 0 Å². The van der Waals surface area contributed by atoms with Crippen molar-refractivity contribution in [3.05, 3.63) is 28.8 Å². The van der Waals surface area contributed by atoms with E-state index in [1.165, 1.54) is 4.74 Å². The van der Waals surface area contributed by atoms with Crippen LogP contribution in [-0.4, -0.2) is 26.8 Å². The molecular formula is C19H32NO2+. The van der Waals surface area contributed by atoms with Gasteiger partial charge in [0.15, 0.2) is 0 Å². The minimum Gasteiger partial charge on any atom is -0.507 e. The van der Waals surface area contributed by atoms with Gasteiger partial charge in [-0.25, -0.2) is 0 Å². The molecular weight excluding hydrogens is 274 g/mol.